The van der Waals surface area contributed by atoms with Gasteiger partial charge in [-0.05, 0) is 49.3 Å². The summed E-state index contributed by atoms with van der Waals surface area (Å²) in [6.45, 7) is 0. The lowest BCUT2D eigenvalue weighted by Gasteiger charge is -2.30. The SMILES string of the molecule is O=C(O)C1CC(Sc2nnc(-c3ccc(C4CC4)cc3Cl)o2)C1. The molecule has 1 heterocycles. The third kappa shape index (κ3) is 3.10. The summed E-state index contributed by atoms with van der Waals surface area (Å²) in [6.07, 6.45) is 3.76. The van der Waals surface area contributed by atoms with Crippen molar-refractivity contribution in [2.45, 2.75) is 42.1 Å². The molecular formula is C16H15ClN2O3S. The van der Waals surface area contributed by atoms with Gasteiger partial charge in [0.2, 0.25) is 5.89 Å². The van der Waals surface area contributed by atoms with Crippen LogP contribution in [0.3, 0.4) is 0 Å². The number of thioether (sulfide) groups is 1. The maximum absolute atomic E-state index is 10.8. The van der Waals surface area contributed by atoms with Crippen LogP contribution in [0.1, 0.15) is 37.2 Å². The number of aliphatic carboxylic acids is 1. The number of rotatable bonds is 5. The number of nitrogens with zero attached hydrogens (tertiary/aromatic N) is 2. The Balaban J connectivity index is 1.44. The number of hydrogen-bond donors (Lipinski definition) is 1. The summed E-state index contributed by atoms with van der Waals surface area (Å²) in [6, 6.07) is 5.98. The minimum absolute atomic E-state index is 0.233. The number of halogens is 1. The Morgan fingerprint density at radius 1 is 1.30 bits per heavy atom. The summed E-state index contributed by atoms with van der Waals surface area (Å²) in [7, 11) is 0. The minimum atomic E-state index is -0.726. The molecular weight excluding hydrogens is 336 g/mol. The molecule has 2 aliphatic carbocycles. The second kappa shape index (κ2) is 5.83. The molecule has 0 radical (unpaired) electrons. The van der Waals surface area contributed by atoms with Crippen molar-refractivity contribution in [2.24, 2.45) is 5.92 Å². The smallest absolute Gasteiger partial charge is 0.306 e. The van der Waals surface area contributed by atoms with Gasteiger partial charge in [0.25, 0.3) is 5.22 Å². The molecule has 4 rings (SSSR count). The third-order valence-corrected chi connectivity index (χ3v) is 5.79. The summed E-state index contributed by atoms with van der Waals surface area (Å²) in [4.78, 5) is 10.8. The zero-order valence-electron chi connectivity index (χ0n) is 12.2. The van der Waals surface area contributed by atoms with Gasteiger partial charge in [-0.25, -0.2) is 0 Å². The van der Waals surface area contributed by atoms with Gasteiger partial charge in [0.15, 0.2) is 0 Å². The monoisotopic (exact) mass is 350 g/mol. The Morgan fingerprint density at radius 3 is 2.74 bits per heavy atom. The molecule has 1 aromatic heterocycles. The molecule has 0 unspecified atom stereocenters. The lowest BCUT2D eigenvalue weighted by molar-refractivity contribution is -0.144. The van der Waals surface area contributed by atoms with E-state index in [4.69, 9.17) is 21.1 Å². The van der Waals surface area contributed by atoms with E-state index in [9.17, 15) is 4.79 Å². The van der Waals surface area contributed by atoms with E-state index >= 15 is 0 Å². The van der Waals surface area contributed by atoms with E-state index in [1.807, 2.05) is 12.1 Å². The molecule has 0 amide bonds. The highest BCUT2D eigenvalue weighted by Crippen LogP contribution is 2.43. The first-order valence-corrected chi connectivity index (χ1v) is 8.88. The zero-order chi connectivity index (χ0) is 16.0. The zero-order valence-corrected chi connectivity index (χ0v) is 13.8. The molecule has 0 aliphatic heterocycles. The Kier molecular flexibility index (Phi) is 3.81. The molecule has 2 fully saturated rings. The van der Waals surface area contributed by atoms with Crippen LogP contribution in [0, 0.1) is 5.92 Å². The van der Waals surface area contributed by atoms with E-state index in [1.165, 1.54) is 30.2 Å². The Hall–Kier alpha value is -1.53. The van der Waals surface area contributed by atoms with Crippen molar-refractivity contribution in [1.29, 1.82) is 0 Å². The van der Waals surface area contributed by atoms with E-state index < -0.39 is 5.97 Å². The first kappa shape index (κ1) is 15.0. The molecule has 0 saturated heterocycles. The molecule has 1 N–H and O–H groups in total. The predicted molar refractivity (Wildman–Crippen MR) is 86.7 cm³/mol. The lowest BCUT2D eigenvalue weighted by Crippen LogP contribution is -2.32. The molecule has 0 bridgehead atoms. The molecule has 0 atom stereocenters. The van der Waals surface area contributed by atoms with Crippen LogP contribution < -0.4 is 0 Å². The van der Waals surface area contributed by atoms with Crippen molar-refractivity contribution >= 4 is 29.3 Å². The molecule has 2 aliphatic rings. The fourth-order valence-electron chi connectivity index (χ4n) is 2.75. The van der Waals surface area contributed by atoms with Crippen molar-refractivity contribution in [3.05, 3.63) is 28.8 Å². The summed E-state index contributed by atoms with van der Waals surface area (Å²) in [5, 5.41) is 18.3. The molecule has 5 nitrogen and oxygen atoms in total. The van der Waals surface area contributed by atoms with Gasteiger partial charge in [-0.3, -0.25) is 4.79 Å². The standard InChI is InChI=1S/C16H15ClN2O3S/c17-13-7-9(8-1-2-8)3-4-12(13)14-18-19-16(22-14)23-11-5-10(6-11)15(20)21/h3-4,7-8,10-11H,1-2,5-6H2,(H,20,21). The summed E-state index contributed by atoms with van der Waals surface area (Å²) in [5.41, 5.74) is 2.01. The number of carboxylic acid groups (broad SMARTS) is 1. The van der Waals surface area contributed by atoms with Gasteiger partial charge < -0.3 is 9.52 Å². The molecule has 120 valence electrons. The molecule has 1 aromatic carbocycles. The van der Waals surface area contributed by atoms with E-state index in [0.29, 0.717) is 34.9 Å². The third-order valence-electron chi connectivity index (χ3n) is 4.39. The van der Waals surface area contributed by atoms with Gasteiger partial charge in [-0.2, -0.15) is 0 Å². The predicted octanol–water partition coefficient (Wildman–Crippen LogP) is 4.22. The van der Waals surface area contributed by atoms with Gasteiger partial charge >= 0.3 is 5.97 Å². The van der Waals surface area contributed by atoms with Crippen LogP contribution in [0.4, 0.5) is 0 Å². The maximum Gasteiger partial charge on any atom is 0.306 e. The summed E-state index contributed by atoms with van der Waals surface area (Å²) < 4.78 is 5.68. The number of carbonyl (C=O) groups is 1. The highest BCUT2D eigenvalue weighted by molar-refractivity contribution is 7.99. The molecule has 7 heteroatoms. The van der Waals surface area contributed by atoms with Crippen LogP contribution in [0.25, 0.3) is 11.5 Å². The highest BCUT2D eigenvalue weighted by Gasteiger charge is 2.36. The number of hydrogen-bond acceptors (Lipinski definition) is 5. The fourth-order valence-corrected chi connectivity index (χ4v) is 4.17. The summed E-state index contributed by atoms with van der Waals surface area (Å²) in [5.74, 6) is 0.0972. The Labute approximate surface area is 142 Å². The van der Waals surface area contributed by atoms with Crippen LogP contribution in [-0.4, -0.2) is 26.5 Å². The average molecular weight is 351 g/mol. The van der Waals surface area contributed by atoms with Gasteiger partial charge in [0.1, 0.15) is 0 Å². The van der Waals surface area contributed by atoms with Crippen molar-refractivity contribution in [3.8, 4) is 11.5 Å². The van der Waals surface area contributed by atoms with Crippen molar-refractivity contribution in [3.63, 3.8) is 0 Å². The van der Waals surface area contributed by atoms with Crippen LogP contribution >= 0.6 is 23.4 Å². The Bertz CT molecular complexity index is 754. The normalized spacial score (nSPS) is 23.5. The number of carboxylic acids is 1. The minimum Gasteiger partial charge on any atom is -0.481 e. The largest absolute Gasteiger partial charge is 0.481 e. The van der Waals surface area contributed by atoms with Crippen LogP contribution in [0.15, 0.2) is 27.8 Å². The highest BCUT2D eigenvalue weighted by atomic mass is 35.5. The fraction of sp³-hybridized carbons (Fsp3) is 0.438. The molecule has 2 saturated carbocycles. The van der Waals surface area contributed by atoms with Gasteiger partial charge in [0, 0.05) is 5.25 Å². The second-order valence-electron chi connectivity index (χ2n) is 6.13. The van der Waals surface area contributed by atoms with E-state index in [-0.39, 0.29) is 11.2 Å². The van der Waals surface area contributed by atoms with Crippen LogP contribution in [0.2, 0.25) is 5.02 Å². The van der Waals surface area contributed by atoms with Crippen LogP contribution in [-0.2, 0) is 4.79 Å². The van der Waals surface area contributed by atoms with Gasteiger partial charge in [-0.15, -0.1) is 10.2 Å². The summed E-state index contributed by atoms with van der Waals surface area (Å²) >= 11 is 7.79. The van der Waals surface area contributed by atoms with Crippen molar-refractivity contribution < 1.29 is 14.3 Å². The topological polar surface area (TPSA) is 76.2 Å². The quantitative estimate of drug-likeness (QED) is 0.869. The second-order valence-corrected chi connectivity index (χ2v) is 7.79. The van der Waals surface area contributed by atoms with Gasteiger partial charge in [0.05, 0.1) is 16.5 Å². The molecule has 0 spiro atoms. The maximum atomic E-state index is 10.8. The molecule has 23 heavy (non-hydrogen) atoms. The van der Waals surface area contributed by atoms with Crippen molar-refractivity contribution in [2.75, 3.05) is 0 Å². The van der Waals surface area contributed by atoms with E-state index in [0.717, 1.165) is 5.56 Å². The molecule has 2 aromatic rings. The average Bonchev–Trinajstić information content (AvgIpc) is 3.22. The number of benzene rings is 1. The Morgan fingerprint density at radius 2 is 2.09 bits per heavy atom. The van der Waals surface area contributed by atoms with E-state index in [1.54, 1.807) is 0 Å². The number of aromatic nitrogens is 2. The first-order valence-electron chi connectivity index (χ1n) is 7.63. The van der Waals surface area contributed by atoms with Crippen LogP contribution in [0.5, 0.6) is 0 Å². The van der Waals surface area contributed by atoms with E-state index in [2.05, 4.69) is 16.3 Å². The van der Waals surface area contributed by atoms with Crippen molar-refractivity contribution in [1.82, 2.24) is 10.2 Å². The lowest BCUT2D eigenvalue weighted by atomic mass is 9.85. The van der Waals surface area contributed by atoms with Gasteiger partial charge in [-0.1, -0.05) is 29.4 Å². The first-order chi connectivity index (χ1) is 11.1.